The Morgan fingerprint density at radius 2 is 1.97 bits per heavy atom. The van der Waals surface area contributed by atoms with Crippen LogP contribution in [0.15, 0.2) is 78.8 Å². The van der Waals surface area contributed by atoms with Crippen molar-refractivity contribution >= 4 is 5.91 Å². The number of rotatable bonds is 6. The molecular formula is C28H26F3N3O. The Balaban J connectivity index is 1.23. The first-order valence-corrected chi connectivity index (χ1v) is 11.9. The van der Waals surface area contributed by atoms with E-state index >= 15 is 0 Å². The second-order valence-electron chi connectivity index (χ2n) is 9.43. The Hall–Kier alpha value is -3.48. The second-order valence-corrected chi connectivity index (χ2v) is 9.43. The lowest BCUT2D eigenvalue weighted by atomic mass is 9.90. The van der Waals surface area contributed by atoms with E-state index in [9.17, 15) is 18.0 Å². The van der Waals surface area contributed by atoms with Crippen LogP contribution in [0.4, 0.5) is 13.2 Å². The fraction of sp³-hybridized carbons (Fsp3) is 0.321. The minimum Gasteiger partial charge on any atom is -0.349 e. The Morgan fingerprint density at radius 3 is 2.66 bits per heavy atom. The second kappa shape index (κ2) is 9.29. The lowest BCUT2D eigenvalue weighted by Gasteiger charge is -2.17. The van der Waals surface area contributed by atoms with Crippen LogP contribution in [0.2, 0.25) is 0 Å². The molecule has 5 rings (SSSR count). The van der Waals surface area contributed by atoms with E-state index in [0.717, 1.165) is 61.9 Å². The van der Waals surface area contributed by atoms with Crippen LogP contribution in [0.1, 0.15) is 64.8 Å². The van der Waals surface area contributed by atoms with Gasteiger partial charge in [-0.05, 0) is 73.9 Å². The topological polar surface area (TPSA) is 54.9 Å². The maximum Gasteiger partial charge on any atom is 0.417 e. The quantitative estimate of drug-likeness (QED) is 0.441. The first-order valence-electron chi connectivity index (χ1n) is 11.9. The molecule has 1 unspecified atom stereocenters. The van der Waals surface area contributed by atoms with Crippen molar-refractivity contribution in [1.29, 1.82) is 0 Å². The first-order chi connectivity index (χ1) is 16.8. The van der Waals surface area contributed by atoms with Crippen LogP contribution >= 0.6 is 0 Å². The molecule has 3 aromatic rings. The average molecular weight is 478 g/mol. The molecule has 2 aliphatic carbocycles. The summed E-state index contributed by atoms with van der Waals surface area (Å²) < 4.78 is 38.7. The number of halogens is 3. The minimum absolute atomic E-state index is 0.0938. The summed E-state index contributed by atoms with van der Waals surface area (Å²) in [7, 11) is 0. The van der Waals surface area contributed by atoms with Gasteiger partial charge in [0.1, 0.15) is 0 Å². The van der Waals surface area contributed by atoms with Gasteiger partial charge in [0, 0.05) is 30.0 Å². The summed E-state index contributed by atoms with van der Waals surface area (Å²) in [6.45, 7) is 0. The third-order valence-electron chi connectivity index (χ3n) is 7.02. The number of amides is 1. The Bertz CT molecular complexity index is 1230. The summed E-state index contributed by atoms with van der Waals surface area (Å²) in [6, 6.07) is 14.6. The average Bonchev–Trinajstić information content (AvgIpc) is 3.57. The monoisotopic (exact) mass is 477 g/mol. The fourth-order valence-corrected chi connectivity index (χ4v) is 4.88. The Kier molecular flexibility index (Phi) is 6.17. The van der Waals surface area contributed by atoms with Crippen molar-refractivity contribution in [2.75, 3.05) is 0 Å². The van der Waals surface area contributed by atoms with Crippen LogP contribution in [0, 0.1) is 0 Å². The molecule has 0 aliphatic heterocycles. The van der Waals surface area contributed by atoms with Gasteiger partial charge in [0.25, 0.3) is 5.91 Å². The molecule has 0 saturated heterocycles. The Labute approximate surface area is 202 Å². The van der Waals surface area contributed by atoms with Crippen molar-refractivity contribution in [3.05, 3.63) is 107 Å². The van der Waals surface area contributed by atoms with E-state index in [1.54, 1.807) is 24.5 Å². The third kappa shape index (κ3) is 5.14. The maximum absolute atomic E-state index is 12.9. The molecular weight excluding hydrogens is 451 g/mol. The lowest BCUT2D eigenvalue weighted by Crippen LogP contribution is -2.32. The van der Waals surface area contributed by atoms with Gasteiger partial charge in [-0.3, -0.25) is 14.8 Å². The number of benzene rings is 1. The number of nitrogens with one attached hydrogen (secondary N) is 1. The van der Waals surface area contributed by atoms with E-state index in [-0.39, 0.29) is 17.4 Å². The highest BCUT2D eigenvalue weighted by atomic mass is 19.4. The molecule has 1 atom stereocenters. The van der Waals surface area contributed by atoms with Gasteiger partial charge in [-0.2, -0.15) is 13.2 Å². The summed E-state index contributed by atoms with van der Waals surface area (Å²) in [4.78, 5) is 20.6. The summed E-state index contributed by atoms with van der Waals surface area (Å²) in [5, 5.41) is 3.09. The van der Waals surface area contributed by atoms with Gasteiger partial charge < -0.3 is 5.32 Å². The number of aromatic nitrogens is 2. The highest BCUT2D eigenvalue weighted by Crippen LogP contribution is 2.53. The largest absolute Gasteiger partial charge is 0.417 e. The molecule has 2 aromatic heterocycles. The standard InChI is InChI=1S/C28H26F3N3O/c29-28(30,31)23-9-11-25(33-18-23)27(12-13-27)22-5-1-3-19(15-22)6-7-20-8-10-24(16-20)34-26(35)21-4-2-14-32-17-21/h1-5,7,9,11,14-15,17-18,24H,6,8,10,12-13,16H2,(H,34,35). The van der Waals surface area contributed by atoms with Crippen molar-refractivity contribution in [3.63, 3.8) is 0 Å². The summed E-state index contributed by atoms with van der Waals surface area (Å²) in [5.74, 6) is -0.0938. The molecule has 180 valence electrons. The van der Waals surface area contributed by atoms with Crippen molar-refractivity contribution < 1.29 is 18.0 Å². The molecule has 0 radical (unpaired) electrons. The molecule has 2 heterocycles. The van der Waals surface area contributed by atoms with Gasteiger partial charge in [-0.25, -0.2) is 0 Å². The zero-order valence-electron chi connectivity index (χ0n) is 19.2. The number of nitrogens with zero attached hydrogens (tertiary/aromatic N) is 2. The van der Waals surface area contributed by atoms with E-state index in [2.05, 4.69) is 33.5 Å². The smallest absolute Gasteiger partial charge is 0.349 e. The highest BCUT2D eigenvalue weighted by molar-refractivity contribution is 5.94. The van der Waals surface area contributed by atoms with Crippen LogP contribution in [0.25, 0.3) is 0 Å². The molecule has 1 N–H and O–H groups in total. The Morgan fingerprint density at radius 1 is 1.11 bits per heavy atom. The van der Waals surface area contributed by atoms with Gasteiger partial charge in [-0.15, -0.1) is 0 Å². The van der Waals surface area contributed by atoms with E-state index in [4.69, 9.17) is 0 Å². The molecule has 0 spiro atoms. The number of hydrogen-bond acceptors (Lipinski definition) is 3. The van der Waals surface area contributed by atoms with Gasteiger partial charge in [0.15, 0.2) is 0 Å². The van der Waals surface area contributed by atoms with Gasteiger partial charge in [0.05, 0.1) is 16.8 Å². The van der Waals surface area contributed by atoms with E-state index < -0.39 is 11.7 Å². The number of alkyl halides is 3. The molecule has 1 amide bonds. The SMILES string of the molecule is O=C(NC1CCC(=CCc2cccc(C3(c4ccc(C(F)(F)F)cn4)CC3)c2)C1)c1cccnc1. The molecule has 2 aliphatic rings. The van der Waals surface area contributed by atoms with Gasteiger partial charge in [-0.1, -0.05) is 35.9 Å². The van der Waals surface area contributed by atoms with E-state index in [1.165, 1.54) is 11.6 Å². The zero-order chi connectivity index (χ0) is 24.5. The summed E-state index contributed by atoms with van der Waals surface area (Å²) in [6.07, 6.45) is 7.28. The molecule has 1 aromatic carbocycles. The van der Waals surface area contributed by atoms with Crippen molar-refractivity contribution in [3.8, 4) is 0 Å². The number of hydrogen-bond donors (Lipinski definition) is 1. The highest BCUT2D eigenvalue weighted by Gasteiger charge is 2.47. The molecule has 0 bridgehead atoms. The minimum atomic E-state index is -4.38. The van der Waals surface area contributed by atoms with Crippen LogP contribution in [0.5, 0.6) is 0 Å². The molecule has 2 fully saturated rings. The number of carbonyl (C=O) groups is 1. The predicted octanol–water partition coefficient (Wildman–Crippen LogP) is 6.03. The number of allylic oxidation sites excluding steroid dienone is 1. The van der Waals surface area contributed by atoms with E-state index in [1.807, 2.05) is 12.1 Å². The van der Waals surface area contributed by atoms with Crippen LogP contribution in [0.3, 0.4) is 0 Å². The van der Waals surface area contributed by atoms with Gasteiger partial charge >= 0.3 is 6.18 Å². The molecule has 7 heteroatoms. The third-order valence-corrected chi connectivity index (χ3v) is 7.02. The molecule has 35 heavy (non-hydrogen) atoms. The van der Waals surface area contributed by atoms with Crippen LogP contribution in [-0.4, -0.2) is 21.9 Å². The normalized spacial score (nSPS) is 20.1. The zero-order valence-corrected chi connectivity index (χ0v) is 19.2. The number of pyridine rings is 2. The molecule has 4 nitrogen and oxygen atoms in total. The number of carbonyl (C=O) groups excluding carboxylic acids is 1. The summed E-state index contributed by atoms with van der Waals surface area (Å²) in [5.41, 5.74) is 3.86. The van der Waals surface area contributed by atoms with Gasteiger partial charge in [0.2, 0.25) is 0 Å². The lowest BCUT2D eigenvalue weighted by molar-refractivity contribution is -0.137. The maximum atomic E-state index is 12.9. The van der Waals surface area contributed by atoms with Crippen LogP contribution < -0.4 is 5.32 Å². The fourth-order valence-electron chi connectivity index (χ4n) is 4.88. The first kappa shape index (κ1) is 23.3. The molecule has 2 saturated carbocycles. The summed E-state index contributed by atoms with van der Waals surface area (Å²) >= 11 is 0. The predicted molar refractivity (Wildman–Crippen MR) is 127 cm³/mol. The van der Waals surface area contributed by atoms with Crippen LogP contribution in [-0.2, 0) is 18.0 Å². The van der Waals surface area contributed by atoms with Crippen molar-refractivity contribution in [2.45, 2.75) is 56.2 Å². The van der Waals surface area contributed by atoms with Crippen molar-refractivity contribution in [2.24, 2.45) is 0 Å². The van der Waals surface area contributed by atoms with Crippen molar-refractivity contribution in [1.82, 2.24) is 15.3 Å². The van der Waals surface area contributed by atoms with E-state index in [0.29, 0.717) is 11.3 Å².